The number of phenolic OH excluding ortho intramolecular Hbond substituents is 1. The van der Waals surface area contributed by atoms with E-state index in [1.54, 1.807) is 11.0 Å². The van der Waals surface area contributed by atoms with Gasteiger partial charge < -0.3 is 9.84 Å². The van der Waals surface area contributed by atoms with Gasteiger partial charge in [0.1, 0.15) is 11.4 Å². The molecule has 0 radical (unpaired) electrons. The summed E-state index contributed by atoms with van der Waals surface area (Å²) in [5.74, 6) is 0.162. The summed E-state index contributed by atoms with van der Waals surface area (Å²) < 4.78 is 5.58. The molecular weight excluding hydrogens is 338 g/mol. The van der Waals surface area contributed by atoms with Crippen LogP contribution in [0.1, 0.15) is 39.2 Å². The zero-order valence-electron chi connectivity index (χ0n) is 14.9. The topological polar surface area (TPSA) is 49.8 Å². The fourth-order valence-corrected chi connectivity index (χ4v) is 3.59. The van der Waals surface area contributed by atoms with Gasteiger partial charge >= 0.3 is 6.09 Å². The Hall–Kier alpha value is -1.94. The summed E-state index contributed by atoms with van der Waals surface area (Å²) in [7, 11) is 0. The molecule has 134 valence electrons. The van der Waals surface area contributed by atoms with Gasteiger partial charge in [-0.3, -0.25) is 4.90 Å². The SMILES string of the molecule is CC(C)(C)OC(=O)N1CCCC(Cl)Cc2c1cc(O)c1ccccc21. The predicted octanol–water partition coefficient (Wildman–Crippen LogP) is 5.23. The van der Waals surface area contributed by atoms with Crippen molar-refractivity contribution in [2.45, 2.75) is 51.0 Å². The van der Waals surface area contributed by atoms with Crippen molar-refractivity contribution >= 4 is 34.2 Å². The summed E-state index contributed by atoms with van der Waals surface area (Å²) in [5.41, 5.74) is 1.10. The molecule has 2 aromatic carbocycles. The predicted molar refractivity (Wildman–Crippen MR) is 102 cm³/mol. The molecule has 1 unspecified atom stereocenters. The lowest BCUT2D eigenvalue weighted by Crippen LogP contribution is -2.39. The number of fused-ring (bicyclic) bond motifs is 3. The van der Waals surface area contributed by atoms with Gasteiger partial charge in [0.05, 0.1) is 5.69 Å². The van der Waals surface area contributed by atoms with Crippen molar-refractivity contribution in [2.24, 2.45) is 0 Å². The highest BCUT2D eigenvalue weighted by Crippen LogP contribution is 2.39. The van der Waals surface area contributed by atoms with Crippen molar-refractivity contribution in [3.63, 3.8) is 0 Å². The van der Waals surface area contributed by atoms with E-state index in [4.69, 9.17) is 16.3 Å². The molecule has 5 heteroatoms. The molecule has 0 fully saturated rings. The zero-order chi connectivity index (χ0) is 18.2. The van der Waals surface area contributed by atoms with E-state index < -0.39 is 11.7 Å². The molecule has 0 spiro atoms. The number of amides is 1. The summed E-state index contributed by atoms with van der Waals surface area (Å²) in [6.45, 7) is 6.07. The Morgan fingerprint density at radius 2 is 1.96 bits per heavy atom. The summed E-state index contributed by atoms with van der Waals surface area (Å²) in [4.78, 5) is 14.4. The molecule has 25 heavy (non-hydrogen) atoms. The number of nitrogens with zero attached hydrogens (tertiary/aromatic N) is 1. The van der Waals surface area contributed by atoms with Gasteiger partial charge in [0.2, 0.25) is 0 Å². The monoisotopic (exact) mass is 361 g/mol. The Labute approximate surface area is 153 Å². The molecule has 0 saturated carbocycles. The second-order valence-corrected chi connectivity index (χ2v) is 8.13. The minimum Gasteiger partial charge on any atom is -0.507 e. The molecule has 0 aromatic heterocycles. The largest absolute Gasteiger partial charge is 0.507 e. The van der Waals surface area contributed by atoms with Crippen LogP contribution < -0.4 is 4.90 Å². The van der Waals surface area contributed by atoms with Crippen LogP contribution in [0.4, 0.5) is 10.5 Å². The van der Waals surface area contributed by atoms with Gasteiger partial charge in [0.25, 0.3) is 0 Å². The number of anilines is 1. The molecule has 2 aromatic rings. The number of alkyl halides is 1. The molecular formula is C20H24ClNO3. The average Bonchev–Trinajstić information content (AvgIpc) is 2.51. The van der Waals surface area contributed by atoms with E-state index in [2.05, 4.69) is 0 Å². The van der Waals surface area contributed by atoms with Crippen LogP contribution in [0.25, 0.3) is 10.8 Å². The molecule has 1 N–H and O–H groups in total. The Morgan fingerprint density at radius 3 is 2.64 bits per heavy atom. The lowest BCUT2D eigenvalue weighted by Gasteiger charge is -2.31. The lowest BCUT2D eigenvalue weighted by atomic mass is 9.94. The van der Waals surface area contributed by atoms with Crippen LogP contribution in [0.2, 0.25) is 0 Å². The maximum absolute atomic E-state index is 12.8. The fraction of sp³-hybridized carbons (Fsp3) is 0.450. The van der Waals surface area contributed by atoms with Gasteiger partial charge in [-0.1, -0.05) is 24.3 Å². The van der Waals surface area contributed by atoms with Crippen molar-refractivity contribution in [2.75, 3.05) is 11.4 Å². The zero-order valence-corrected chi connectivity index (χ0v) is 15.6. The number of hydrogen-bond acceptors (Lipinski definition) is 3. The van der Waals surface area contributed by atoms with Gasteiger partial charge in [-0.2, -0.15) is 0 Å². The number of hydrogen-bond donors (Lipinski definition) is 1. The lowest BCUT2D eigenvalue weighted by molar-refractivity contribution is 0.0579. The van der Waals surface area contributed by atoms with E-state index in [1.165, 1.54) is 0 Å². The first-order chi connectivity index (χ1) is 11.8. The Kier molecular flexibility index (Phi) is 4.83. The third-order valence-electron chi connectivity index (χ3n) is 4.34. The van der Waals surface area contributed by atoms with Crippen LogP contribution in [-0.4, -0.2) is 28.7 Å². The van der Waals surface area contributed by atoms with Crippen LogP contribution in [0, 0.1) is 0 Å². The number of carbonyl (C=O) groups is 1. The second kappa shape index (κ2) is 6.75. The molecule has 1 aliphatic heterocycles. The molecule has 4 nitrogen and oxygen atoms in total. The minimum absolute atomic E-state index is 0.00693. The maximum atomic E-state index is 12.8. The van der Waals surface area contributed by atoms with Gasteiger partial charge in [-0.05, 0) is 51.0 Å². The fourth-order valence-electron chi connectivity index (χ4n) is 3.28. The van der Waals surface area contributed by atoms with Gasteiger partial charge in [-0.15, -0.1) is 11.6 Å². The van der Waals surface area contributed by atoms with Crippen molar-refractivity contribution < 1.29 is 14.6 Å². The van der Waals surface area contributed by atoms with E-state index >= 15 is 0 Å². The van der Waals surface area contributed by atoms with Crippen LogP contribution in [0.3, 0.4) is 0 Å². The third kappa shape index (κ3) is 3.84. The normalized spacial score (nSPS) is 18.4. The van der Waals surface area contributed by atoms with Crippen molar-refractivity contribution in [1.82, 2.24) is 0 Å². The van der Waals surface area contributed by atoms with Crippen LogP contribution in [0.5, 0.6) is 5.75 Å². The van der Waals surface area contributed by atoms with Crippen molar-refractivity contribution in [3.8, 4) is 5.75 Å². The summed E-state index contributed by atoms with van der Waals surface area (Å²) >= 11 is 6.50. The number of ether oxygens (including phenoxy) is 1. The Morgan fingerprint density at radius 1 is 1.28 bits per heavy atom. The molecule has 1 heterocycles. The summed E-state index contributed by atoms with van der Waals surface area (Å²) in [6.07, 6.45) is 1.88. The van der Waals surface area contributed by atoms with Gasteiger partial charge in [0, 0.05) is 23.4 Å². The third-order valence-corrected chi connectivity index (χ3v) is 4.71. The van der Waals surface area contributed by atoms with Gasteiger partial charge in [-0.25, -0.2) is 4.79 Å². The number of halogens is 1. The number of benzene rings is 2. The highest BCUT2D eigenvalue weighted by molar-refractivity contribution is 6.21. The first-order valence-electron chi connectivity index (χ1n) is 8.64. The van der Waals surface area contributed by atoms with E-state index in [0.29, 0.717) is 18.7 Å². The molecule has 0 aliphatic carbocycles. The van der Waals surface area contributed by atoms with E-state index in [1.807, 2.05) is 45.0 Å². The van der Waals surface area contributed by atoms with E-state index in [9.17, 15) is 9.90 Å². The molecule has 1 aliphatic rings. The molecule has 0 saturated heterocycles. The first-order valence-corrected chi connectivity index (χ1v) is 9.08. The second-order valence-electron chi connectivity index (χ2n) is 7.51. The highest BCUT2D eigenvalue weighted by Gasteiger charge is 2.29. The van der Waals surface area contributed by atoms with Crippen LogP contribution >= 0.6 is 11.6 Å². The summed E-state index contributed by atoms with van der Waals surface area (Å²) in [6, 6.07) is 9.33. The standard InChI is InChI=1S/C20H24ClNO3/c1-20(2,3)25-19(24)22-10-6-7-13(21)11-16-14-8-4-5-9-15(14)18(23)12-17(16)22/h4-5,8-9,12-13,23H,6-7,10-11H2,1-3H3. The number of aromatic hydroxyl groups is 1. The van der Waals surface area contributed by atoms with E-state index in [0.717, 1.165) is 29.2 Å². The summed E-state index contributed by atoms with van der Waals surface area (Å²) in [5, 5.41) is 12.2. The van der Waals surface area contributed by atoms with Crippen molar-refractivity contribution in [1.29, 1.82) is 0 Å². The Balaban J connectivity index is 2.15. The first kappa shape index (κ1) is 17.9. The smallest absolute Gasteiger partial charge is 0.414 e. The average molecular weight is 362 g/mol. The van der Waals surface area contributed by atoms with Crippen LogP contribution in [-0.2, 0) is 11.2 Å². The quantitative estimate of drug-likeness (QED) is 0.653. The van der Waals surface area contributed by atoms with Crippen molar-refractivity contribution in [3.05, 3.63) is 35.9 Å². The number of carbonyl (C=O) groups excluding carboxylic acids is 1. The number of phenols is 1. The van der Waals surface area contributed by atoms with Gasteiger partial charge in [0.15, 0.2) is 0 Å². The molecule has 1 amide bonds. The number of rotatable bonds is 0. The maximum Gasteiger partial charge on any atom is 0.414 e. The molecule has 1 atom stereocenters. The van der Waals surface area contributed by atoms with Crippen LogP contribution in [0.15, 0.2) is 30.3 Å². The van der Waals surface area contributed by atoms with E-state index in [-0.39, 0.29) is 11.1 Å². The Bertz CT molecular complexity index is 797. The molecule has 0 bridgehead atoms. The minimum atomic E-state index is -0.576. The highest BCUT2D eigenvalue weighted by atomic mass is 35.5. The molecule has 3 rings (SSSR count).